The molecule has 0 aliphatic carbocycles. The highest BCUT2D eigenvalue weighted by molar-refractivity contribution is 5.85. The minimum absolute atomic E-state index is 0.343. The molecule has 1 N–H and O–H groups in total. The molecule has 5 rings (SSSR count). The van der Waals surface area contributed by atoms with Crippen molar-refractivity contribution in [1.29, 1.82) is 0 Å². The number of fused-ring (bicyclic) bond motifs is 4. The van der Waals surface area contributed by atoms with Crippen LogP contribution in [-0.2, 0) is 6.42 Å². The van der Waals surface area contributed by atoms with E-state index in [1.807, 2.05) is 0 Å². The Bertz CT molecular complexity index is 956. The first-order valence-corrected chi connectivity index (χ1v) is 10.9. The van der Waals surface area contributed by atoms with Crippen molar-refractivity contribution in [3.63, 3.8) is 0 Å². The Balaban J connectivity index is 1.57. The number of benzene rings is 2. The number of aryl methyl sites for hydroxylation is 1. The van der Waals surface area contributed by atoms with Crippen molar-refractivity contribution in [2.24, 2.45) is 0 Å². The zero-order chi connectivity index (χ0) is 19.1. The molecule has 3 aromatic rings. The van der Waals surface area contributed by atoms with Gasteiger partial charge in [0.25, 0.3) is 0 Å². The molecule has 0 radical (unpaired) electrons. The summed E-state index contributed by atoms with van der Waals surface area (Å²) in [6, 6.07) is 19.0. The van der Waals surface area contributed by atoms with Crippen LogP contribution >= 0.6 is 0 Å². The highest BCUT2D eigenvalue weighted by Crippen LogP contribution is 2.41. The van der Waals surface area contributed by atoms with Crippen LogP contribution in [0, 0.1) is 6.92 Å². The van der Waals surface area contributed by atoms with Crippen molar-refractivity contribution in [2.45, 2.75) is 45.2 Å². The molecule has 2 aromatic carbocycles. The second-order valence-corrected chi connectivity index (χ2v) is 8.63. The summed E-state index contributed by atoms with van der Waals surface area (Å²) < 4.78 is 0. The van der Waals surface area contributed by atoms with Gasteiger partial charge in [-0.15, -0.1) is 0 Å². The first kappa shape index (κ1) is 18.0. The van der Waals surface area contributed by atoms with Gasteiger partial charge >= 0.3 is 0 Å². The summed E-state index contributed by atoms with van der Waals surface area (Å²) in [6.07, 6.45) is 3.75. The summed E-state index contributed by atoms with van der Waals surface area (Å²) in [7, 11) is 0. The van der Waals surface area contributed by atoms with E-state index < -0.39 is 0 Å². The molecule has 146 valence electrons. The number of nitrogens with one attached hydrogen (secondary N) is 1. The Kier molecular flexibility index (Phi) is 4.73. The van der Waals surface area contributed by atoms with Gasteiger partial charge in [0.1, 0.15) is 0 Å². The summed E-state index contributed by atoms with van der Waals surface area (Å²) in [5.41, 5.74) is 7.00. The largest absolute Gasteiger partial charge is 0.357 e. The van der Waals surface area contributed by atoms with Crippen molar-refractivity contribution in [1.82, 2.24) is 14.8 Å². The number of nitrogens with zero attached hydrogens (tertiary/aromatic N) is 2. The van der Waals surface area contributed by atoms with E-state index in [4.69, 9.17) is 0 Å². The van der Waals surface area contributed by atoms with Gasteiger partial charge < -0.3 is 9.88 Å². The number of hydrogen-bond acceptors (Lipinski definition) is 2. The SMILES string of the molecule is CCCCN1CCN2[C@@H](Cc3c([nH]c4ccccc34)[C@@H]2c2ccc(C)cc2)C1. The van der Waals surface area contributed by atoms with Gasteiger partial charge in [0, 0.05) is 42.3 Å². The highest BCUT2D eigenvalue weighted by atomic mass is 15.3. The first-order valence-electron chi connectivity index (χ1n) is 10.9. The molecule has 3 nitrogen and oxygen atoms in total. The minimum Gasteiger partial charge on any atom is -0.357 e. The second-order valence-electron chi connectivity index (χ2n) is 8.63. The molecular formula is C25H31N3. The molecule has 1 saturated heterocycles. The fourth-order valence-corrected chi connectivity index (χ4v) is 5.22. The summed E-state index contributed by atoms with van der Waals surface area (Å²) in [5.74, 6) is 0. The van der Waals surface area contributed by atoms with E-state index in [2.05, 4.69) is 77.2 Å². The molecule has 0 amide bonds. The second kappa shape index (κ2) is 7.38. The Morgan fingerprint density at radius 3 is 2.68 bits per heavy atom. The van der Waals surface area contributed by atoms with E-state index in [1.54, 1.807) is 5.56 Å². The van der Waals surface area contributed by atoms with E-state index >= 15 is 0 Å². The Morgan fingerprint density at radius 1 is 1.04 bits per heavy atom. The number of aromatic amines is 1. The van der Waals surface area contributed by atoms with Crippen molar-refractivity contribution in [3.05, 3.63) is 70.9 Å². The van der Waals surface area contributed by atoms with Crippen LogP contribution < -0.4 is 0 Å². The highest BCUT2D eigenvalue weighted by Gasteiger charge is 2.40. The molecule has 28 heavy (non-hydrogen) atoms. The standard InChI is InChI=1S/C25H31N3/c1-3-4-13-27-14-15-28-20(17-27)16-22-21-7-5-6-8-23(21)26-24(22)25(28)19-11-9-18(2)10-12-19/h5-12,20,25-26H,3-4,13-17H2,1-2H3/t20-,25-/m0/s1. The van der Waals surface area contributed by atoms with E-state index in [0.717, 1.165) is 13.0 Å². The van der Waals surface area contributed by atoms with Crippen molar-refractivity contribution < 1.29 is 0 Å². The summed E-state index contributed by atoms with van der Waals surface area (Å²) >= 11 is 0. The topological polar surface area (TPSA) is 22.3 Å². The van der Waals surface area contributed by atoms with E-state index in [1.165, 1.54) is 60.2 Å². The molecule has 1 aromatic heterocycles. The van der Waals surface area contributed by atoms with Crippen LogP contribution in [0.1, 0.15) is 48.2 Å². The molecule has 0 spiro atoms. The third-order valence-electron chi connectivity index (χ3n) is 6.72. The normalized spacial score (nSPS) is 22.9. The van der Waals surface area contributed by atoms with E-state index in [-0.39, 0.29) is 0 Å². The molecule has 1 fully saturated rings. The fraction of sp³-hybridized carbons (Fsp3) is 0.440. The monoisotopic (exact) mass is 373 g/mol. The van der Waals surface area contributed by atoms with Crippen LogP contribution in [-0.4, -0.2) is 47.0 Å². The average Bonchev–Trinajstić information content (AvgIpc) is 3.09. The fourth-order valence-electron chi connectivity index (χ4n) is 5.22. The molecule has 3 heterocycles. The maximum absolute atomic E-state index is 3.80. The van der Waals surface area contributed by atoms with Crippen LogP contribution in [0.3, 0.4) is 0 Å². The minimum atomic E-state index is 0.343. The maximum atomic E-state index is 3.80. The number of rotatable bonds is 4. The predicted octanol–water partition coefficient (Wildman–Crippen LogP) is 4.91. The number of aromatic nitrogens is 1. The van der Waals surface area contributed by atoms with Crippen LogP contribution in [0.4, 0.5) is 0 Å². The smallest absolute Gasteiger partial charge is 0.0760 e. The number of piperazine rings is 1. The lowest BCUT2D eigenvalue weighted by molar-refractivity contribution is 0.0419. The third-order valence-corrected chi connectivity index (χ3v) is 6.72. The van der Waals surface area contributed by atoms with E-state index in [0.29, 0.717) is 12.1 Å². The average molecular weight is 374 g/mol. The molecule has 0 bridgehead atoms. The molecular weight excluding hydrogens is 342 g/mol. The lowest BCUT2D eigenvalue weighted by atomic mass is 9.86. The first-order chi connectivity index (χ1) is 13.7. The zero-order valence-corrected chi connectivity index (χ0v) is 17.1. The van der Waals surface area contributed by atoms with Gasteiger partial charge in [-0.25, -0.2) is 0 Å². The van der Waals surface area contributed by atoms with Gasteiger partial charge in [-0.2, -0.15) is 0 Å². The maximum Gasteiger partial charge on any atom is 0.0760 e. The Morgan fingerprint density at radius 2 is 1.86 bits per heavy atom. The summed E-state index contributed by atoms with van der Waals surface area (Å²) in [5, 5.41) is 1.42. The van der Waals surface area contributed by atoms with Crippen molar-refractivity contribution in [2.75, 3.05) is 26.2 Å². The van der Waals surface area contributed by atoms with Crippen LogP contribution in [0.15, 0.2) is 48.5 Å². The summed E-state index contributed by atoms with van der Waals surface area (Å²) in [6.45, 7) is 9.26. The molecule has 0 unspecified atom stereocenters. The van der Waals surface area contributed by atoms with Gasteiger partial charge in [0.15, 0.2) is 0 Å². The Hall–Kier alpha value is -2.10. The quantitative estimate of drug-likeness (QED) is 0.702. The van der Waals surface area contributed by atoms with Crippen molar-refractivity contribution >= 4 is 10.9 Å². The predicted molar refractivity (Wildman–Crippen MR) is 117 cm³/mol. The molecule has 2 aliphatic heterocycles. The number of unbranched alkanes of at least 4 members (excludes halogenated alkanes) is 1. The molecule has 2 aliphatic rings. The van der Waals surface area contributed by atoms with Crippen molar-refractivity contribution in [3.8, 4) is 0 Å². The number of H-pyrrole nitrogens is 1. The number of hydrogen-bond donors (Lipinski definition) is 1. The Labute approximate surface area is 168 Å². The van der Waals surface area contributed by atoms with Gasteiger partial charge in [0.2, 0.25) is 0 Å². The van der Waals surface area contributed by atoms with Crippen LogP contribution in [0.25, 0.3) is 10.9 Å². The van der Waals surface area contributed by atoms with Gasteiger partial charge in [-0.1, -0.05) is 61.4 Å². The van der Waals surface area contributed by atoms with Gasteiger partial charge in [0.05, 0.1) is 6.04 Å². The lowest BCUT2D eigenvalue weighted by Crippen LogP contribution is -2.57. The summed E-state index contributed by atoms with van der Waals surface area (Å²) in [4.78, 5) is 9.26. The number of para-hydroxylation sites is 1. The molecule has 0 saturated carbocycles. The van der Waals surface area contributed by atoms with Crippen LogP contribution in [0.2, 0.25) is 0 Å². The molecule has 3 heteroatoms. The third kappa shape index (κ3) is 3.07. The van der Waals surface area contributed by atoms with Gasteiger partial charge in [-0.3, -0.25) is 4.90 Å². The van der Waals surface area contributed by atoms with Crippen LogP contribution in [0.5, 0.6) is 0 Å². The van der Waals surface area contributed by atoms with Gasteiger partial charge in [-0.05, 0) is 43.5 Å². The molecule has 2 atom stereocenters. The zero-order valence-electron chi connectivity index (χ0n) is 17.1. The van der Waals surface area contributed by atoms with E-state index in [9.17, 15) is 0 Å². The lowest BCUT2D eigenvalue weighted by Gasteiger charge is -2.48.